The third kappa shape index (κ3) is 6.21. The van der Waals surface area contributed by atoms with Crippen LogP contribution in [-0.2, 0) is 20.7 Å². The van der Waals surface area contributed by atoms with E-state index in [4.69, 9.17) is 14.2 Å². The highest BCUT2D eigenvalue weighted by Gasteiger charge is 2.34. The summed E-state index contributed by atoms with van der Waals surface area (Å²) < 4.78 is 44.5. The second kappa shape index (κ2) is 11.4. The van der Waals surface area contributed by atoms with Gasteiger partial charge < -0.3 is 14.2 Å². The van der Waals surface area contributed by atoms with Gasteiger partial charge in [0, 0.05) is 13.0 Å². The quantitative estimate of drug-likeness (QED) is 0.307. The van der Waals surface area contributed by atoms with E-state index < -0.39 is 41.1 Å². The summed E-state index contributed by atoms with van der Waals surface area (Å²) in [7, 11) is 2.64. The number of benzene rings is 3. The first-order valence-corrected chi connectivity index (χ1v) is 12.8. The maximum Gasteiger partial charge on any atom is 0.410 e. The lowest BCUT2D eigenvalue weighted by Gasteiger charge is -2.30. The van der Waals surface area contributed by atoms with E-state index >= 15 is 0 Å². The lowest BCUT2D eigenvalue weighted by Crippen LogP contribution is -2.46. The van der Waals surface area contributed by atoms with Crippen LogP contribution in [0.1, 0.15) is 49.8 Å². The molecule has 0 N–H and O–H groups in total. The number of esters is 1. The molecule has 0 spiro atoms. The fourth-order valence-corrected chi connectivity index (χ4v) is 4.92. The molecule has 8 heteroatoms. The van der Waals surface area contributed by atoms with Crippen LogP contribution in [0.4, 0.5) is 13.6 Å². The lowest BCUT2D eigenvalue weighted by molar-refractivity contribution is -0.160. The van der Waals surface area contributed by atoms with Gasteiger partial charge in [-0.15, -0.1) is 0 Å². The molecule has 1 amide bonds. The molecule has 0 bridgehead atoms. The minimum absolute atomic E-state index is 0.0703. The molecular formula is C31H33F2NO5. The minimum Gasteiger partial charge on any atom is -0.491 e. The predicted molar refractivity (Wildman–Crippen MR) is 144 cm³/mol. The molecule has 1 atom stereocenters. The molecule has 39 heavy (non-hydrogen) atoms. The molecule has 1 unspecified atom stereocenters. The van der Waals surface area contributed by atoms with Crippen molar-refractivity contribution >= 4 is 12.1 Å². The fraction of sp³-hybridized carbons (Fsp3) is 0.355. The van der Waals surface area contributed by atoms with Gasteiger partial charge in [-0.3, -0.25) is 4.90 Å². The second-order valence-electron chi connectivity index (χ2n) is 10.6. The van der Waals surface area contributed by atoms with Gasteiger partial charge in [0.15, 0.2) is 17.4 Å². The van der Waals surface area contributed by atoms with Crippen LogP contribution in [-0.4, -0.2) is 49.4 Å². The first kappa shape index (κ1) is 28.1. The number of methoxy groups -OCH3 is 1. The third-order valence-electron chi connectivity index (χ3n) is 6.74. The molecule has 0 saturated heterocycles. The van der Waals surface area contributed by atoms with E-state index in [9.17, 15) is 18.4 Å². The molecule has 206 valence electrons. The van der Waals surface area contributed by atoms with Crippen LogP contribution in [0, 0.1) is 11.6 Å². The van der Waals surface area contributed by atoms with Gasteiger partial charge in [-0.05, 0) is 73.6 Å². The second-order valence-corrected chi connectivity index (χ2v) is 10.6. The number of rotatable bonds is 8. The summed E-state index contributed by atoms with van der Waals surface area (Å²) in [6.45, 7) is 5.27. The van der Waals surface area contributed by atoms with Crippen molar-refractivity contribution in [2.24, 2.45) is 0 Å². The van der Waals surface area contributed by atoms with E-state index in [1.165, 1.54) is 19.1 Å². The van der Waals surface area contributed by atoms with Crippen LogP contribution in [0.15, 0.2) is 60.7 Å². The Morgan fingerprint density at radius 2 is 1.49 bits per heavy atom. The number of nitrogens with zero attached hydrogens (tertiary/aromatic N) is 1. The topological polar surface area (TPSA) is 65.1 Å². The zero-order valence-corrected chi connectivity index (χ0v) is 22.8. The Kier molecular flexibility index (Phi) is 8.23. The Balaban J connectivity index is 1.50. The average molecular weight is 538 g/mol. The first-order chi connectivity index (χ1) is 18.5. The Labute approximate surface area is 227 Å². The average Bonchev–Trinajstić information content (AvgIpc) is 3.19. The largest absolute Gasteiger partial charge is 0.491 e. The van der Waals surface area contributed by atoms with Crippen molar-refractivity contribution in [3.63, 3.8) is 0 Å². The molecule has 0 radical (unpaired) electrons. The van der Waals surface area contributed by atoms with E-state index in [1.54, 1.807) is 20.8 Å². The van der Waals surface area contributed by atoms with E-state index in [0.29, 0.717) is 5.56 Å². The number of hydrogen-bond donors (Lipinski definition) is 0. The van der Waals surface area contributed by atoms with Crippen LogP contribution in [0.5, 0.6) is 5.75 Å². The molecule has 3 aromatic carbocycles. The Morgan fingerprint density at radius 1 is 0.949 bits per heavy atom. The SMILES string of the molecule is COc1c(F)cc(CCC(C(=O)OC(C)(C)C)N(C)C(=O)OCC2c3ccccc3-c3ccccc32)cc1F. The normalized spacial score (nSPS) is 13.3. The summed E-state index contributed by atoms with van der Waals surface area (Å²) in [4.78, 5) is 27.5. The van der Waals surface area contributed by atoms with Gasteiger partial charge >= 0.3 is 12.1 Å². The standard InChI is InChI=1S/C31H33F2NO5/c1-31(2,3)39-29(35)27(15-14-19-16-25(32)28(37-5)26(33)17-19)34(4)30(36)38-18-24-22-12-8-6-10-20(22)21-11-7-9-13-23(21)24/h6-13,16-17,24,27H,14-15,18H2,1-5H3. The molecular weight excluding hydrogens is 504 g/mol. The monoisotopic (exact) mass is 537 g/mol. The minimum atomic E-state index is -1.03. The van der Waals surface area contributed by atoms with Crippen molar-refractivity contribution in [2.45, 2.75) is 51.2 Å². The van der Waals surface area contributed by atoms with Crippen LogP contribution >= 0.6 is 0 Å². The zero-order chi connectivity index (χ0) is 28.3. The molecule has 3 aromatic rings. The summed E-state index contributed by atoms with van der Waals surface area (Å²) in [5, 5.41) is 0. The van der Waals surface area contributed by atoms with Crippen LogP contribution in [0.2, 0.25) is 0 Å². The van der Waals surface area contributed by atoms with E-state index in [0.717, 1.165) is 34.4 Å². The smallest absolute Gasteiger partial charge is 0.410 e. The molecule has 0 fully saturated rings. The Bertz CT molecular complexity index is 1300. The highest BCUT2D eigenvalue weighted by atomic mass is 19.1. The molecule has 0 aromatic heterocycles. The number of ether oxygens (including phenoxy) is 3. The number of hydrogen-bond acceptors (Lipinski definition) is 5. The van der Waals surface area contributed by atoms with Crippen LogP contribution in [0.3, 0.4) is 0 Å². The summed E-state index contributed by atoms with van der Waals surface area (Å²) >= 11 is 0. The molecule has 1 aliphatic carbocycles. The van der Waals surface area contributed by atoms with E-state index in [2.05, 4.69) is 0 Å². The van der Waals surface area contributed by atoms with Crippen LogP contribution in [0.25, 0.3) is 11.1 Å². The molecule has 0 heterocycles. The number of amides is 1. The molecule has 6 nitrogen and oxygen atoms in total. The molecule has 0 aliphatic heterocycles. The zero-order valence-electron chi connectivity index (χ0n) is 22.8. The van der Waals surface area contributed by atoms with Gasteiger partial charge in [-0.25, -0.2) is 18.4 Å². The maximum absolute atomic E-state index is 14.2. The van der Waals surface area contributed by atoms with Crippen LogP contribution < -0.4 is 4.74 Å². The molecule has 1 aliphatic rings. The highest BCUT2D eigenvalue weighted by Crippen LogP contribution is 2.44. The maximum atomic E-state index is 14.2. The fourth-order valence-electron chi connectivity index (χ4n) is 4.92. The predicted octanol–water partition coefficient (Wildman–Crippen LogP) is 6.50. The number of carbonyl (C=O) groups is 2. The number of fused-ring (bicyclic) bond motifs is 3. The van der Waals surface area contributed by atoms with Gasteiger partial charge in [0.1, 0.15) is 18.2 Å². The summed E-state index contributed by atoms with van der Waals surface area (Å²) in [5.41, 5.74) is 3.87. The van der Waals surface area contributed by atoms with Gasteiger partial charge in [-0.2, -0.15) is 0 Å². The number of aryl methyl sites for hydroxylation is 1. The van der Waals surface area contributed by atoms with Gasteiger partial charge in [0.05, 0.1) is 7.11 Å². The third-order valence-corrected chi connectivity index (χ3v) is 6.74. The number of halogens is 2. The van der Waals surface area contributed by atoms with Crippen molar-refractivity contribution in [3.8, 4) is 16.9 Å². The van der Waals surface area contributed by atoms with E-state index in [-0.39, 0.29) is 25.4 Å². The van der Waals surface area contributed by atoms with Crippen molar-refractivity contribution in [2.75, 3.05) is 20.8 Å². The van der Waals surface area contributed by atoms with Gasteiger partial charge in [-0.1, -0.05) is 48.5 Å². The Hall–Kier alpha value is -3.94. The summed E-state index contributed by atoms with van der Waals surface area (Å²) in [5.74, 6) is -2.93. The van der Waals surface area contributed by atoms with Crippen molar-refractivity contribution < 1.29 is 32.6 Å². The summed E-state index contributed by atoms with van der Waals surface area (Å²) in [6, 6.07) is 17.3. The van der Waals surface area contributed by atoms with Gasteiger partial charge in [0.25, 0.3) is 0 Å². The van der Waals surface area contributed by atoms with Crippen molar-refractivity contribution in [1.29, 1.82) is 0 Å². The van der Waals surface area contributed by atoms with Crippen molar-refractivity contribution in [1.82, 2.24) is 4.90 Å². The molecule has 0 saturated carbocycles. The lowest BCUT2D eigenvalue weighted by atomic mass is 9.98. The van der Waals surface area contributed by atoms with Gasteiger partial charge in [0.2, 0.25) is 0 Å². The van der Waals surface area contributed by atoms with Crippen molar-refractivity contribution in [3.05, 3.63) is 89.0 Å². The molecule has 4 rings (SSSR count). The Morgan fingerprint density at radius 3 is 2.00 bits per heavy atom. The van der Waals surface area contributed by atoms with E-state index in [1.807, 2.05) is 48.5 Å². The number of carbonyl (C=O) groups excluding carboxylic acids is 2. The highest BCUT2D eigenvalue weighted by molar-refractivity contribution is 5.82. The number of likely N-dealkylation sites (N-methyl/N-ethyl adjacent to an activating group) is 1. The first-order valence-electron chi connectivity index (χ1n) is 12.8. The summed E-state index contributed by atoms with van der Waals surface area (Å²) in [6.07, 6.45) is -0.511.